The Labute approximate surface area is 78.8 Å². The lowest BCUT2D eigenvalue weighted by Crippen LogP contribution is -2.20. The smallest absolute Gasteiger partial charge is 0.136 e. The van der Waals surface area contributed by atoms with Gasteiger partial charge in [-0.2, -0.15) is 0 Å². The van der Waals surface area contributed by atoms with Gasteiger partial charge in [0.15, 0.2) is 0 Å². The van der Waals surface area contributed by atoms with Crippen molar-refractivity contribution in [3.63, 3.8) is 0 Å². The molecule has 1 aromatic heterocycles. The van der Waals surface area contributed by atoms with Crippen molar-refractivity contribution < 1.29 is 0 Å². The van der Waals surface area contributed by atoms with Crippen LogP contribution in [0.5, 0.6) is 0 Å². The average molecular weight is 180 g/mol. The fourth-order valence-electron chi connectivity index (χ4n) is 1.28. The third-order valence-electron chi connectivity index (χ3n) is 2.02. The molecule has 0 aliphatic rings. The highest BCUT2D eigenvalue weighted by Gasteiger charge is 2.07. The Morgan fingerprint density at radius 3 is 2.77 bits per heavy atom. The second-order valence-electron chi connectivity index (χ2n) is 3.13. The summed E-state index contributed by atoms with van der Waals surface area (Å²) in [4.78, 5) is 10.2. The van der Waals surface area contributed by atoms with Crippen molar-refractivity contribution in [1.29, 1.82) is 0 Å². The Kier molecular flexibility index (Phi) is 3.06. The molecule has 0 fully saturated rings. The Morgan fingerprint density at radius 2 is 2.15 bits per heavy atom. The van der Waals surface area contributed by atoms with Gasteiger partial charge in [0, 0.05) is 19.2 Å². The third-order valence-corrected chi connectivity index (χ3v) is 2.02. The van der Waals surface area contributed by atoms with E-state index in [1.165, 1.54) is 6.33 Å². The molecule has 72 valence electrons. The number of nitrogens with zero attached hydrogens (tertiary/aromatic N) is 3. The summed E-state index contributed by atoms with van der Waals surface area (Å²) in [6.07, 6.45) is 2.60. The van der Waals surface area contributed by atoms with Gasteiger partial charge in [0.25, 0.3) is 0 Å². The summed E-state index contributed by atoms with van der Waals surface area (Å²) >= 11 is 0. The maximum atomic E-state index is 5.68. The van der Waals surface area contributed by atoms with Crippen LogP contribution < -0.4 is 10.6 Å². The first-order valence-corrected chi connectivity index (χ1v) is 4.45. The van der Waals surface area contributed by atoms with Crippen LogP contribution in [0.1, 0.15) is 18.9 Å². The minimum absolute atomic E-state index is 0.563. The zero-order valence-electron chi connectivity index (χ0n) is 8.41. The summed E-state index contributed by atoms with van der Waals surface area (Å²) in [6, 6.07) is 0. The molecule has 1 aromatic rings. The molecule has 4 heteroatoms. The Morgan fingerprint density at radius 1 is 1.46 bits per heavy atom. The lowest BCUT2D eigenvalue weighted by molar-refractivity contribution is 0.830. The van der Waals surface area contributed by atoms with Crippen molar-refractivity contribution in [3.8, 4) is 0 Å². The van der Waals surface area contributed by atoms with Gasteiger partial charge in [0.05, 0.1) is 0 Å². The topological polar surface area (TPSA) is 55.0 Å². The minimum Gasteiger partial charge on any atom is -0.383 e. The molecule has 0 bridgehead atoms. The molecule has 0 aromatic carbocycles. The summed E-state index contributed by atoms with van der Waals surface area (Å²) in [5, 5.41) is 0. The van der Waals surface area contributed by atoms with Gasteiger partial charge in [-0.3, -0.25) is 0 Å². The molecule has 0 spiro atoms. The van der Waals surface area contributed by atoms with Crippen LogP contribution in [0, 0.1) is 6.92 Å². The van der Waals surface area contributed by atoms with Gasteiger partial charge < -0.3 is 10.6 Å². The van der Waals surface area contributed by atoms with Crippen LogP contribution in [-0.4, -0.2) is 23.6 Å². The van der Waals surface area contributed by atoms with Crippen LogP contribution in [0.4, 0.5) is 11.6 Å². The molecule has 1 rings (SSSR count). The zero-order chi connectivity index (χ0) is 9.84. The predicted molar refractivity (Wildman–Crippen MR) is 54.7 cm³/mol. The fourth-order valence-corrected chi connectivity index (χ4v) is 1.28. The molecule has 1 heterocycles. The molecule has 0 amide bonds. The van der Waals surface area contributed by atoms with E-state index < -0.39 is 0 Å². The second-order valence-corrected chi connectivity index (χ2v) is 3.13. The lowest BCUT2D eigenvalue weighted by atomic mass is 10.3. The van der Waals surface area contributed by atoms with Gasteiger partial charge in [-0.25, -0.2) is 9.97 Å². The highest BCUT2D eigenvalue weighted by molar-refractivity contribution is 5.54. The van der Waals surface area contributed by atoms with Gasteiger partial charge in [-0.1, -0.05) is 6.92 Å². The molecule has 0 atom stereocenters. The quantitative estimate of drug-likeness (QED) is 0.759. The first-order chi connectivity index (χ1) is 6.16. The SMILES string of the molecule is CCCN(C)c1ncnc(N)c1C. The molecule has 0 aliphatic heterocycles. The molecule has 0 radical (unpaired) electrons. The first kappa shape index (κ1) is 9.77. The monoisotopic (exact) mass is 180 g/mol. The number of hydrogen-bond acceptors (Lipinski definition) is 4. The maximum absolute atomic E-state index is 5.68. The van der Waals surface area contributed by atoms with Crippen molar-refractivity contribution in [2.75, 3.05) is 24.2 Å². The van der Waals surface area contributed by atoms with Crippen LogP contribution in [0.3, 0.4) is 0 Å². The van der Waals surface area contributed by atoms with Crippen LogP contribution in [-0.2, 0) is 0 Å². The van der Waals surface area contributed by atoms with Crippen LogP contribution in [0.25, 0.3) is 0 Å². The largest absolute Gasteiger partial charge is 0.383 e. The predicted octanol–water partition coefficient (Wildman–Crippen LogP) is 1.21. The van der Waals surface area contributed by atoms with Gasteiger partial charge in [-0.05, 0) is 13.3 Å². The lowest BCUT2D eigenvalue weighted by Gasteiger charge is -2.19. The Hall–Kier alpha value is -1.32. The van der Waals surface area contributed by atoms with E-state index in [1.54, 1.807) is 0 Å². The Bertz CT molecular complexity index is 285. The van der Waals surface area contributed by atoms with Gasteiger partial charge in [-0.15, -0.1) is 0 Å². The van der Waals surface area contributed by atoms with Crippen molar-refractivity contribution >= 4 is 11.6 Å². The van der Waals surface area contributed by atoms with E-state index in [4.69, 9.17) is 5.73 Å². The van der Waals surface area contributed by atoms with Gasteiger partial charge in [0.2, 0.25) is 0 Å². The molecule has 0 saturated heterocycles. The highest BCUT2D eigenvalue weighted by atomic mass is 15.2. The van der Waals surface area contributed by atoms with E-state index in [2.05, 4.69) is 21.8 Å². The summed E-state index contributed by atoms with van der Waals surface area (Å²) in [5.41, 5.74) is 6.63. The van der Waals surface area contributed by atoms with E-state index in [1.807, 2.05) is 14.0 Å². The minimum atomic E-state index is 0.563. The highest BCUT2D eigenvalue weighted by Crippen LogP contribution is 2.18. The third kappa shape index (κ3) is 2.08. The molecule has 2 N–H and O–H groups in total. The van der Waals surface area contributed by atoms with E-state index in [0.717, 1.165) is 24.3 Å². The van der Waals surface area contributed by atoms with E-state index in [0.29, 0.717) is 5.82 Å². The van der Waals surface area contributed by atoms with Crippen LogP contribution >= 0.6 is 0 Å². The first-order valence-electron chi connectivity index (χ1n) is 4.45. The number of hydrogen-bond donors (Lipinski definition) is 1. The average Bonchev–Trinajstić information content (AvgIpc) is 2.10. The number of rotatable bonds is 3. The van der Waals surface area contributed by atoms with Gasteiger partial charge in [0.1, 0.15) is 18.0 Å². The standard InChI is InChI=1S/C9H16N4/c1-4-5-13(3)9-7(2)8(10)11-6-12-9/h6H,4-5H2,1-3H3,(H2,10,11,12). The van der Waals surface area contributed by atoms with Crippen molar-refractivity contribution in [3.05, 3.63) is 11.9 Å². The maximum Gasteiger partial charge on any atom is 0.136 e. The molecule has 13 heavy (non-hydrogen) atoms. The molecule has 0 aliphatic carbocycles. The summed E-state index contributed by atoms with van der Waals surface area (Å²) in [7, 11) is 2.01. The van der Waals surface area contributed by atoms with Crippen molar-refractivity contribution in [2.24, 2.45) is 0 Å². The van der Waals surface area contributed by atoms with Crippen molar-refractivity contribution in [2.45, 2.75) is 20.3 Å². The fraction of sp³-hybridized carbons (Fsp3) is 0.556. The van der Waals surface area contributed by atoms with Crippen LogP contribution in [0.2, 0.25) is 0 Å². The molecular formula is C9H16N4. The van der Waals surface area contributed by atoms with Crippen LogP contribution in [0.15, 0.2) is 6.33 Å². The summed E-state index contributed by atoms with van der Waals surface area (Å²) in [5.74, 6) is 1.49. The number of nitrogen functional groups attached to an aromatic ring is 1. The van der Waals surface area contributed by atoms with E-state index in [9.17, 15) is 0 Å². The molecular weight excluding hydrogens is 164 g/mol. The second kappa shape index (κ2) is 4.07. The molecule has 0 unspecified atom stereocenters. The van der Waals surface area contributed by atoms with E-state index >= 15 is 0 Å². The van der Waals surface area contributed by atoms with E-state index in [-0.39, 0.29) is 0 Å². The molecule has 4 nitrogen and oxygen atoms in total. The molecule has 0 saturated carbocycles. The zero-order valence-corrected chi connectivity index (χ0v) is 8.41. The number of anilines is 2. The summed E-state index contributed by atoms with van der Waals surface area (Å²) in [6.45, 7) is 5.06. The normalized spacial score (nSPS) is 10.1. The number of nitrogens with two attached hydrogens (primary N) is 1. The number of aromatic nitrogens is 2. The Balaban J connectivity index is 2.93. The van der Waals surface area contributed by atoms with Crippen molar-refractivity contribution in [1.82, 2.24) is 9.97 Å². The summed E-state index contributed by atoms with van der Waals surface area (Å²) < 4.78 is 0. The van der Waals surface area contributed by atoms with Gasteiger partial charge >= 0.3 is 0 Å².